The molecule has 0 aromatic carbocycles. The zero-order chi connectivity index (χ0) is 13.9. The van der Waals surface area contributed by atoms with Crippen LogP contribution in [0.5, 0.6) is 0 Å². The van der Waals surface area contributed by atoms with Crippen molar-refractivity contribution in [2.45, 2.75) is 71.3 Å². The molecule has 0 aromatic heterocycles. The maximum absolute atomic E-state index is 12.8. The van der Waals surface area contributed by atoms with Gasteiger partial charge in [-0.25, -0.2) is 0 Å². The van der Waals surface area contributed by atoms with Gasteiger partial charge < -0.3 is 10.2 Å². The fourth-order valence-electron chi connectivity index (χ4n) is 3.89. The lowest BCUT2D eigenvalue weighted by Gasteiger charge is -2.43. The summed E-state index contributed by atoms with van der Waals surface area (Å²) < 4.78 is 0. The molecular weight excluding hydrogens is 236 g/mol. The Morgan fingerprint density at radius 3 is 2.11 bits per heavy atom. The number of hydrogen-bond acceptors (Lipinski definition) is 2. The Morgan fingerprint density at radius 2 is 1.68 bits per heavy atom. The number of amides is 1. The molecule has 2 fully saturated rings. The maximum atomic E-state index is 12.8. The van der Waals surface area contributed by atoms with Crippen LogP contribution in [0.3, 0.4) is 0 Å². The Kier molecular flexibility index (Phi) is 4.54. The van der Waals surface area contributed by atoms with Gasteiger partial charge in [-0.05, 0) is 44.1 Å². The number of nitrogens with one attached hydrogen (secondary N) is 1. The summed E-state index contributed by atoms with van der Waals surface area (Å²) in [4.78, 5) is 14.9. The largest absolute Gasteiger partial charge is 0.341 e. The summed E-state index contributed by atoms with van der Waals surface area (Å²) in [7, 11) is 0. The highest BCUT2D eigenvalue weighted by Crippen LogP contribution is 2.39. The van der Waals surface area contributed by atoms with Crippen molar-refractivity contribution in [2.75, 3.05) is 19.6 Å². The number of likely N-dealkylation sites (tertiary alicyclic amines) is 1. The molecule has 2 aliphatic heterocycles. The lowest BCUT2D eigenvalue weighted by atomic mass is 9.74. The molecule has 2 aliphatic rings. The summed E-state index contributed by atoms with van der Waals surface area (Å²) in [5.74, 6) is 0.369. The Hall–Kier alpha value is -0.570. The quantitative estimate of drug-likeness (QED) is 0.848. The lowest BCUT2D eigenvalue weighted by molar-refractivity contribution is -0.140. The van der Waals surface area contributed by atoms with Gasteiger partial charge in [0, 0.05) is 13.1 Å². The average molecular weight is 266 g/mol. The number of piperidine rings is 1. The van der Waals surface area contributed by atoms with E-state index in [0.717, 1.165) is 38.9 Å². The van der Waals surface area contributed by atoms with Crippen molar-refractivity contribution in [3.05, 3.63) is 0 Å². The summed E-state index contributed by atoms with van der Waals surface area (Å²) in [6.07, 6.45) is 7.96. The molecule has 19 heavy (non-hydrogen) atoms. The lowest BCUT2D eigenvalue weighted by Crippen LogP contribution is -2.57. The first kappa shape index (κ1) is 14.8. The van der Waals surface area contributed by atoms with E-state index in [2.05, 4.69) is 31.0 Å². The van der Waals surface area contributed by atoms with E-state index >= 15 is 0 Å². The van der Waals surface area contributed by atoms with Gasteiger partial charge in [0.2, 0.25) is 5.91 Å². The second kappa shape index (κ2) is 5.82. The molecule has 3 heteroatoms. The highest BCUT2D eigenvalue weighted by molar-refractivity contribution is 5.86. The van der Waals surface area contributed by atoms with Crippen LogP contribution in [0, 0.1) is 5.41 Å². The average Bonchev–Trinajstić information content (AvgIpc) is 2.97. The van der Waals surface area contributed by atoms with Crippen LogP contribution in [-0.2, 0) is 4.79 Å². The van der Waals surface area contributed by atoms with E-state index in [4.69, 9.17) is 0 Å². The van der Waals surface area contributed by atoms with Crippen molar-refractivity contribution in [3.8, 4) is 0 Å². The number of hydrogen-bond donors (Lipinski definition) is 1. The molecule has 0 bridgehead atoms. The molecule has 2 heterocycles. The molecule has 1 amide bonds. The van der Waals surface area contributed by atoms with Crippen LogP contribution in [0.1, 0.15) is 65.7 Å². The zero-order valence-electron chi connectivity index (χ0n) is 12.9. The number of carbonyl (C=O) groups is 1. The van der Waals surface area contributed by atoms with Crippen molar-refractivity contribution in [1.29, 1.82) is 0 Å². The third-order valence-corrected chi connectivity index (χ3v) is 5.87. The molecule has 2 rings (SSSR count). The molecule has 3 nitrogen and oxygen atoms in total. The van der Waals surface area contributed by atoms with Gasteiger partial charge >= 0.3 is 0 Å². The van der Waals surface area contributed by atoms with Crippen LogP contribution >= 0.6 is 0 Å². The first-order chi connectivity index (χ1) is 9.11. The summed E-state index contributed by atoms with van der Waals surface area (Å²) in [5, 5.41) is 3.47. The predicted molar refractivity (Wildman–Crippen MR) is 79.1 cm³/mol. The minimum atomic E-state index is -0.238. The Bertz CT molecular complexity index is 307. The highest BCUT2D eigenvalue weighted by Gasteiger charge is 2.43. The van der Waals surface area contributed by atoms with Gasteiger partial charge in [0.25, 0.3) is 0 Å². The topological polar surface area (TPSA) is 32.3 Å². The van der Waals surface area contributed by atoms with Crippen molar-refractivity contribution in [3.63, 3.8) is 0 Å². The van der Waals surface area contributed by atoms with Crippen LogP contribution in [0.25, 0.3) is 0 Å². The molecule has 2 saturated heterocycles. The van der Waals surface area contributed by atoms with E-state index in [1.54, 1.807) is 0 Å². The van der Waals surface area contributed by atoms with Crippen molar-refractivity contribution < 1.29 is 4.79 Å². The van der Waals surface area contributed by atoms with Gasteiger partial charge in [0.1, 0.15) is 0 Å². The second-order valence-electron chi connectivity index (χ2n) is 6.47. The number of nitrogens with zero attached hydrogens (tertiary/aromatic N) is 1. The predicted octanol–water partition coefficient (Wildman–Crippen LogP) is 2.95. The highest BCUT2D eigenvalue weighted by atomic mass is 16.2. The van der Waals surface area contributed by atoms with E-state index in [1.165, 1.54) is 25.7 Å². The first-order valence-corrected chi connectivity index (χ1v) is 8.16. The number of rotatable bonds is 4. The molecule has 0 spiro atoms. The van der Waals surface area contributed by atoms with Crippen LogP contribution < -0.4 is 5.32 Å². The molecule has 0 saturated carbocycles. The van der Waals surface area contributed by atoms with Crippen LogP contribution in [0.15, 0.2) is 0 Å². The van der Waals surface area contributed by atoms with Gasteiger partial charge in [0.05, 0.1) is 5.54 Å². The van der Waals surface area contributed by atoms with Gasteiger partial charge in [-0.2, -0.15) is 0 Å². The molecule has 0 aliphatic carbocycles. The van der Waals surface area contributed by atoms with Crippen LogP contribution in [0.2, 0.25) is 0 Å². The van der Waals surface area contributed by atoms with Gasteiger partial charge in [0.15, 0.2) is 0 Å². The first-order valence-electron chi connectivity index (χ1n) is 8.16. The number of carbonyl (C=O) groups excluding carboxylic acids is 1. The zero-order valence-corrected chi connectivity index (χ0v) is 12.9. The molecule has 1 atom stereocenters. The molecule has 0 radical (unpaired) electrons. The second-order valence-corrected chi connectivity index (χ2v) is 6.47. The van der Waals surface area contributed by atoms with E-state index in [0.29, 0.717) is 11.3 Å². The van der Waals surface area contributed by atoms with Crippen molar-refractivity contribution >= 4 is 5.91 Å². The molecule has 1 N–H and O–H groups in total. The van der Waals surface area contributed by atoms with Gasteiger partial charge in [-0.1, -0.05) is 33.6 Å². The van der Waals surface area contributed by atoms with Crippen molar-refractivity contribution in [2.24, 2.45) is 5.41 Å². The minimum absolute atomic E-state index is 0.238. The Morgan fingerprint density at radius 1 is 1.05 bits per heavy atom. The summed E-state index contributed by atoms with van der Waals surface area (Å²) in [6, 6.07) is 0. The Balaban J connectivity index is 1.99. The maximum Gasteiger partial charge on any atom is 0.242 e. The fraction of sp³-hybridized carbons (Fsp3) is 0.938. The van der Waals surface area contributed by atoms with Crippen molar-refractivity contribution in [1.82, 2.24) is 10.2 Å². The minimum Gasteiger partial charge on any atom is -0.341 e. The molecular formula is C16H30N2O. The standard InChI is InChI=1S/C16H30N2O/c1-4-15(5-2)9-12-18(13-10-15)14(19)16(6-3)8-7-11-17-16/h17H,4-13H2,1-3H3. The fourth-order valence-corrected chi connectivity index (χ4v) is 3.89. The van der Waals surface area contributed by atoms with E-state index in [9.17, 15) is 4.79 Å². The monoisotopic (exact) mass is 266 g/mol. The van der Waals surface area contributed by atoms with Gasteiger partial charge in [-0.3, -0.25) is 4.79 Å². The van der Waals surface area contributed by atoms with E-state index in [-0.39, 0.29) is 5.54 Å². The third-order valence-electron chi connectivity index (χ3n) is 5.87. The summed E-state index contributed by atoms with van der Waals surface area (Å²) in [6.45, 7) is 9.66. The molecule has 110 valence electrons. The normalized spacial score (nSPS) is 30.6. The SMILES string of the molecule is CCC1(CC)CCN(C(=O)C2(CC)CCCN2)CC1. The summed E-state index contributed by atoms with van der Waals surface area (Å²) in [5.41, 5.74) is 0.262. The van der Waals surface area contributed by atoms with Crippen LogP contribution in [-0.4, -0.2) is 36.0 Å². The van der Waals surface area contributed by atoms with E-state index < -0.39 is 0 Å². The summed E-state index contributed by atoms with van der Waals surface area (Å²) >= 11 is 0. The smallest absolute Gasteiger partial charge is 0.242 e. The molecule has 0 aromatic rings. The van der Waals surface area contributed by atoms with Gasteiger partial charge in [-0.15, -0.1) is 0 Å². The molecule has 1 unspecified atom stereocenters. The Labute approximate surface area is 118 Å². The van der Waals surface area contributed by atoms with Crippen LogP contribution in [0.4, 0.5) is 0 Å². The third kappa shape index (κ3) is 2.67. The van der Waals surface area contributed by atoms with E-state index in [1.807, 2.05) is 0 Å².